The molecule has 88 valence electrons. The average Bonchev–Trinajstić information content (AvgIpc) is 2.29. The van der Waals surface area contributed by atoms with Gasteiger partial charge in [-0.3, -0.25) is 0 Å². The third-order valence-corrected chi connectivity index (χ3v) is 2.54. The Balaban J connectivity index is 1.90. The van der Waals surface area contributed by atoms with Crippen molar-refractivity contribution in [1.82, 2.24) is 0 Å². The molecule has 0 aliphatic heterocycles. The van der Waals surface area contributed by atoms with Crippen molar-refractivity contribution in [2.45, 2.75) is 13.3 Å². The van der Waals surface area contributed by atoms with E-state index < -0.39 is 0 Å². The lowest BCUT2D eigenvalue weighted by Crippen LogP contribution is -2.01. The first kappa shape index (κ1) is 11.5. The molecule has 0 heterocycles. The van der Waals surface area contributed by atoms with Crippen LogP contribution in [0.5, 0.6) is 11.5 Å². The van der Waals surface area contributed by atoms with Gasteiger partial charge in [-0.05, 0) is 30.2 Å². The Morgan fingerprint density at radius 2 is 1.82 bits per heavy atom. The van der Waals surface area contributed by atoms with Gasteiger partial charge in [0.05, 0.1) is 6.61 Å². The van der Waals surface area contributed by atoms with Crippen LogP contribution in [0.1, 0.15) is 11.1 Å². The van der Waals surface area contributed by atoms with Gasteiger partial charge in [-0.15, -0.1) is 0 Å². The second-order valence-electron chi connectivity index (χ2n) is 4.09. The van der Waals surface area contributed by atoms with E-state index in [0.29, 0.717) is 6.61 Å². The molecule has 17 heavy (non-hydrogen) atoms. The summed E-state index contributed by atoms with van der Waals surface area (Å²) < 4.78 is 5.61. The van der Waals surface area contributed by atoms with Crippen molar-refractivity contribution in [3.63, 3.8) is 0 Å². The van der Waals surface area contributed by atoms with E-state index in [0.717, 1.165) is 17.7 Å². The van der Waals surface area contributed by atoms with E-state index in [1.165, 1.54) is 5.56 Å². The molecule has 0 aliphatic carbocycles. The standard InChI is InChI=1S/C15H16O2/c1-12-9-14(16)11-15(10-12)17-8-7-13-5-3-2-4-6-13/h2-6,9-11,16H,7-8H2,1H3. The predicted octanol–water partition coefficient (Wildman–Crippen LogP) is 3.32. The largest absolute Gasteiger partial charge is 0.508 e. The van der Waals surface area contributed by atoms with Crippen LogP contribution < -0.4 is 4.74 Å². The fraction of sp³-hybridized carbons (Fsp3) is 0.200. The maximum absolute atomic E-state index is 9.43. The molecule has 0 saturated carbocycles. The van der Waals surface area contributed by atoms with Crippen molar-refractivity contribution in [3.8, 4) is 11.5 Å². The zero-order chi connectivity index (χ0) is 12.1. The Morgan fingerprint density at radius 3 is 2.53 bits per heavy atom. The molecule has 2 heteroatoms. The summed E-state index contributed by atoms with van der Waals surface area (Å²) in [5.74, 6) is 0.971. The van der Waals surface area contributed by atoms with E-state index in [9.17, 15) is 5.11 Å². The van der Waals surface area contributed by atoms with Crippen LogP contribution >= 0.6 is 0 Å². The zero-order valence-electron chi connectivity index (χ0n) is 9.89. The minimum absolute atomic E-state index is 0.250. The third kappa shape index (κ3) is 3.52. The molecule has 2 nitrogen and oxygen atoms in total. The smallest absolute Gasteiger partial charge is 0.123 e. The van der Waals surface area contributed by atoms with Gasteiger partial charge in [-0.25, -0.2) is 0 Å². The molecule has 0 spiro atoms. The summed E-state index contributed by atoms with van der Waals surface area (Å²) in [4.78, 5) is 0. The van der Waals surface area contributed by atoms with E-state index in [4.69, 9.17) is 4.74 Å². The van der Waals surface area contributed by atoms with Crippen LogP contribution in [-0.2, 0) is 6.42 Å². The molecule has 0 fully saturated rings. The summed E-state index contributed by atoms with van der Waals surface area (Å²) in [5, 5.41) is 9.43. The van der Waals surface area contributed by atoms with E-state index in [2.05, 4.69) is 12.1 Å². The third-order valence-electron chi connectivity index (χ3n) is 2.54. The number of aromatic hydroxyl groups is 1. The summed E-state index contributed by atoms with van der Waals surface area (Å²) in [6.07, 6.45) is 0.871. The molecular weight excluding hydrogens is 212 g/mol. The van der Waals surface area contributed by atoms with Crippen LogP contribution in [0.25, 0.3) is 0 Å². The van der Waals surface area contributed by atoms with E-state index >= 15 is 0 Å². The second-order valence-corrected chi connectivity index (χ2v) is 4.09. The highest BCUT2D eigenvalue weighted by molar-refractivity contribution is 5.36. The number of hydrogen-bond donors (Lipinski definition) is 1. The first-order chi connectivity index (χ1) is 8.24. The minimum atomic E-state index is 0.250. The average molecular weight is 228 g/mol. The van der Waals surface area contributed by atoms with E-state index in [1.54, 1.807) is 12.1 Å². The lowest BCUT2D eigenvalue weighted by atomic mass is 10.2. The van der Waals surface area contributed by atoms with Crippen molar-refractivity contribution in [3.05, 3.63) is 59.7 Å². The van der Waals surface area contributed by atoms with Crippen molar-refractivity contribution in [1.29, 1.82) is 0 Å². The fourth-order valence-electron chi connectivity index (χ4n) is 1.74. The maximum Gasteiger partial charge on any atom is 0.123 e. The molecule has 2 aromatic carbocycles. The number of rotatable bonds is 4. The number of ether oxygens (including phenoxy) is 1. The lowest BCUT2D eigenvalue weighted by Gasteiger charge is -2.07. The highest BCUT2D eigenvalue weighted by Gasteiger charge is 1.98. The number of phenolic OH excluding ortho intramolecular Hbond substituents is 1. The number of phenols is 1. The Kier molecular flexibility index (Phi) is 3.66. The maximum atomic E-state index is 9.43. The molecule has 1 N–H and O–H groups in total. The summed E-state index contributed by atoms with van der Waals surface area (Å²) in [6.45, 7) is 2.55. The monoisotopic (exact) mass is 228 g/mol. The van der Waals surface area contributed by atoms with Gasteiger partial charge in [0.25, 0.3) is 0 Å². The van der Waals surface area contributed by atoms with Crippen molar-refractivity contribution in [2.75, 3.05) is 6.61 Å². The van der Waals surface area contributed by atoms with Crippen LogP contribution in [0.3, 0.4) is 0 Å². The topological polar surface area (TPSA) is 29.5 Å². The molecule has 0 unspecified atom stereocenters. The molecule has 0 amide bonds. The van der Waals surface area contributed by atoms with Gasteiger partial charge >= 0.3 is 0 Å². The summed E-state index contributed by atoms with van der Waals surface area (Å²) in [5.41, 5.74) is 2.25. The van der Waals surface area contributed by atoms with Crippen LogP contribution in [-0.4, -0.2) is 11.7 Å². The van der Waals surface area contributed by atoms with Gasteiger partial charge in [0.15, 0.2) is 0 Å². The Hall–Kier alpha value is -1.96. The summed E-state index contributed by atoms with van der Waals surface area (Å²) >= 11 is 0. The molecule has 0 bridgehead atoms. The summed E-state index contributed by atoms with van der Waals surface area (Å²) in [6, 6.07) is 15.5. The summed E-state index contributed by atoms with van der Waals surface area (Å²) in [7, 11) is 0. The van der Waals surface area contributed by atoms with Crippen molar-refractivity contribution < 1.29 is 9.84 Å². The van der Waals surface area contributed by atoms with Gasteiger partial charge in [0, 0.05) is 12.5 Å². The van der Waals surface area contributed by atoms with Crippen LogP contribution in [0.15, 0.2) is 48.5 Å². The van der Waals surface area contributed by atoms with Crippen LogP contribution in [0.2, 0.25) is 0 Å². The molecule has 0 atom stereocenters. The molecule has 0 aromatic heterocycles. The zero-order valence-corrected chi connectivity index (χ0v) is 9.89. The molecule has 2 rings (SSSR count). The quantitative estimate of drug-likeness (QED) is 0.869. The van der Waals surface area contributed by atoms with Crippen LogP contribution in [0, 0.1) is 6.92 Å². The van der Waals surface area contributed by atoms with E-state index in [-0.39, 0.29) is 5.75 Å². The highest BCUT2D eigenvalue weighted by Crippen LogP contribution is 2.21. The van der Waals surface area contributed by atoms with Gasteiger partial charge in [-0.1, -0.05) is 30.3 Å². The Bertz CT molecular complexity index is 457. The fourth-order valence-corrected chi connectivity index (χ4v) is 1.74. The molecule has 2 aromatic rings. The molecular formula is C15H16O2. The first-order valence-electron chi connectivity index (χ1n) is 5.71. The highest BCUT2D eigenvalue weighted by atomic mass is 16.5. The number of aryl methyl sites for hydroxylation is 1. The van der Waals surface area contributed by atoms with Gasteiger partial charge in [0.2, 0.25) is 0 Å². The first-order valence-corrected chi connectivity index (χ1v) is 5.71. The molecule has 0 aliphatic rings. The van der Waals surface area contributed by atoms with Crippen molar-refractivity contribution >= 4 is 0 Å². The molecule has 0 saturated heterocycles. The van der Waals surface area contributed by atoms with Gasteiger partial charge < -0.3 is 9.84 Å². The number of hydrogen-bond acceptors (Lipinski definition) is 2. The van der Waals surface area contributed by atoms with Crippen LogP contribution in [0.4, 0.5) is 0 Å². The van der Waals surface area contributed by atoms with Gasteiger partial charge in [0.1, 0.15) is 11.5 Å². The van der Waals surface area contributed by atoms with Gasteiger partial charge in [-0.2, -0.15) is 0 Å². The van der Waals surface area contributed by atoms with E-state index in [1.807, 2.05) is 31.2 Å². The predicted molar refractivity (Wildman–Crippen MR) is 68.5 cm³/mol. The second kappa shape index (κ2) is 5.39. The van der Waals surface area contributed by atoms with Crippen molar-refractivity contribution in [2.24, 2.45) is 0 Å². The normalized spacial score (nSPS) is 10.2. The number of benzene rings is 2. The molecule has 0 radical (unpaired) electrons. The Labute approximate surface area is 101 Å². The minimum Gasteiger partial charge on any atom is -0.508 e. The lowest BCUT2D eigenvalue weighted by molar-refractivity contribution is 0.319. The SMILES string of the molecule is Cc1cc(O)cc(OCCc2ccccc2)c1. The Morgan fingerprint density at radius 1 is 1.06 bits per heavy atom.